The van der Waals surface area contributed by atoms with Gasteiger partial charge in [-0.1, -0.05) is 139 Å². The van der Waals surface area contributed by atoms with Crippen LogP contribution in [0.25, 0.3) is 10.2 Å². The zero-order valence-corrected chi connectivity index (χ0v) is 65.0. The number of cyclic esters (lactones) is 1. The van der Waals surface area contributed by atoms with Crippen LogP contribution in [0.5, 0.6) is 5.75 Å². The van der Waals surface area contributed by atoms with Gasteiger partial charge >= 0.3 is 18.1 Å². The Morgan fingerprint density at radius 2 is 1.26 bits per heavy atom. The lowest BCUT2D eigenvalue weighted by molar-refractivity contribution is -0.263. The average Bonchev–Trinajstić information content (AvgIpc) is 1.37. The number of esters is 2. The smallest absolute Gasteiger partial charge is 0.462 e. The van der Waals surface area contributed by atoms with Gasteiger partial charge in [0.1, 0.15) is 55.3 Å². The highest BCUT2D eigenvalue weighted by Gasteiger charge is 2.59. The van der Waals surface area contributed by atoms with E-state index >= 15 is 4.79 Å². The molecule has 91 heavy (non-hydrogen) atoms. The Morgan fingerprint density at radius 1 is 0.725 bits per heavy atom. The number of aryl methyl sites for hydroxylation is 1. The molecule has 0 spiro atoms. The summed E-state index contributed by atoms with van der Waals surface area (Å²) < 4.78 is 68.5. The lowest BCUT2D eigenvalue weighted by Crippen LogP contribution is -2.69. The second kappa shape index (κ2) is 30.3. The fourth-order valence-electron chi connectivity index (χ4n) is 10.3. The van der Waals surface area contributed by atoms with Gasteiger partial charge in [-0.25, -0.2) is 14.6 Å². The molecule has 1 aromatic heterocycles. The van der Waals surface area contributed by atoms with Crippen LogP contribution in [-0.2, 0) is 62.4 Å². The normalized spacial score (nSPS) is 25.0. The van der Waals surface area contributed by atoms with Gasteiger partial charge in [-0.3, -0.25) is 9.59 Å². The first kappa shape index (κ1) is 77.6. The van der Waals surface area contributed by atoms with Gasteiger partial charge in [0.2, 0.25) is 6.29 Å². The van der Waals surface area contributed by atoms with Crippen molar-refractivity contribution in [3.63, 3.8) is 0 Å². The molecule has 10 atom stereocenters. The molecule has 3 aromatic rings. The van der Waals surface area contributed by atoms with E-state index in [0.29, 0.717) is 24.2 Å². The van der Waals surface area contributed by atoms with E-state index in [1.165, 1.54) is 6.08 Å². The van der Waals surface area contributed by atoms with Crippen molar-refractivity contribution >= 4 is 78.7 Å². The summed E-state index contributed by atoms with van der Waals surface area (Å²) in [5, 5.41) is 0.0367. The minimum Gasteiger partial charge on any atom is -0.462 e. The van der Waals surface area contributed by atoms with Gasteiger partial charge in [-0.15, -0.1) is 17.9 Å². The number of benzene rings is 2. The molecule has 1 fully saturated rings. The summed E-state index contributed by atoms with van der Waals surface area (Å²) in [6.07, 6.45) is -0.474. The summed E-state index contributed by atoms with van der Waals surface area (Å²) in [5.74, 6) is -1.83. The zero-order chi connectivity index (χ0) is 68.8. The molecule has 0 amide bonds. The number of ketones is 1. The highest BCUT2D eigenvalue weighted by Crippen LogP contribution is 2.48. The highest BCUT2D eigenvalue weighted by atomic mass is 32.1. The number of nitrogens with zero attached hydrogens (tertiary/aromatic N) is 1. The number of aromatic nitrogens is 1. The van der Waals surface area contributed by atoms with Crippen LogP contribution in [0.2, 0.25) is 72.5 Å². The summed E-state index contributed by atoms with van der Waals surface area (Å²) in [4.78, 5) is 63.7. The van der Waals surface area contributed by atoms with Gasteiger partial charge in [-0.05, 0) is 167 Å². The van der Waals surface area contributed by atoms with E-state index in [2.05, 4.69) is 169 Å². The molecule has 2 aliphatic heterocycles. The van der Waals surface area contributed by atoms with Gasteiger partial charge in [-0.2, -0.15) is 0 Å². The van der Waals surface area contributed by atoms with Crippen LogP contribution < -0.4 is 4.74 Å². The van der Waals surface area contributed by atoms with Crippen molar-refractivity contribution in [2.45, 2.75) is 284 Å². The van der Waals surface area contributed by atoms with Crippen LogP contribution >= 0.6 is 11.3 Å². The molecule has 0 bridgehead atoms. The van der Waals surface area contributed by atoms with Crippen LogP contribution in [0.15, 0.2) is 79.4 Å². The molecule has 0 radical (unpaired) electrons. The second-order valence-electron chi connectivity index (χ2n) is 32.1. The molecule has 5 rings (SSSR count). The maximum atomic E-state index is 15.6. The first-order chi connectivity index (χ1) is 41.7. The number of carbonyl (C=O) groups is 4. The molecule has 2 aliphatic rings. The number of carbonyl (C=O) groups excluding carboxylic acids is 4. The van der Waals surface area contributed by atoms with Gasteiger partial charge in [0.05, 0.1) is 33.2 Å². The zero-order valence-electron chi connectivity index (χ0n) is 60.2. The Balaban J connectivity index is 1.53. The monoisotopic (exact) mass is 1350 g/mol. The van der Waals surface area contributed by atoms with E-state index in [0.717, 1.165) is 45.6 Å². The summed E-state index contributed by atoms with van der Waals surface area (Å²) in [5.41, 5.74) is 1.88. The molecule has 0 unspecified atom stereocenters. The molecule has 2 aromatic carbocycles. The number of ether oxygens (including phenoxy) is 6. The van der Waals surface area contributed by atoms with Crippen molar-refractivity contribution in [2.24, 2.45) is 17.3 Å². The van der Waals surface area contributed by atoms with Crippen molar-refractivity contribution < 1.29 is 65.3 Å². The van der Waals surface area contributed by atoms with E-state index < -0.39 is 118 Å². The Morgan fingerprint density at radius 3 is 1.80 bits per heavy atom. The Bertz CT molecular complexity index is 3020. The first-order valence-corrected chi connectivity index (χ1v) is 45.2. The molecule has 15 nitrogen and oxygen atoms in total. The quantitative estimate of drug-likeness (QED) is 0.0480. The van der Waals surface area contributed by atoms with Crippen molar-refractivity contribution in [2.75, 3.05) is 6.61 Å². The van der Waals surface area contributed by atoms with E-state index in [1.807, 2.05) is 25.1 Å². The molecular formula is C71H115NO14SSi4. The molecule has 0 saturated carbocycles. The van der Waals surface area contributed by atoms with Gasteiger partial charge in [0.25, 0.3) is 0 Å². The van der Waals surface area contributed by atoms with Crippen LogP contribution in [0.1, 0.15) is 172 Å². The second-order valence-corrected chi connectivity index (χ2v) is 52.4. The summed E-state index contributed by atoms with van der Waals surface area (Å²) in [7, 11) is -10.5. The number of rotatable bonds is 19. The lowest BCUT2D eigenvalue weighted by Gasteiger charge is -2.53. The van der Waals surface area contributed by atoms with Gasteiger partial charge in [0, 0.05) is 12.3 Å². The standard InChI is InChI=1S/C71H115NO14SSi4/c1-28-31-52-58(83-88(20,21)67(6,7)8)47(4)33-30-32-46(3)34-40-54(50-37-41-55-53(43-50)72-48(5)87-55)80-57(73)44-56(71(18,19)63(52)74)81-66(76)78-45-49-35-38-51(39-36-49)79-65-62(86-91(26,27)70(15,16)17)60(85-90(24,25)69(12,13)14)59(84-89(22,23)68(9,10)11)61(82-65)64(75)77-42-29-2/h28-29,34-39,41,43,47,52,54,56,58-62,65H,1-2,30-33,40,42,44-45H2,3-27H3/t47-,52+,54-,56-,58-,59+,60-,61-,62+,65+/m0/s1. The lowest BCUT2D eigenvalue weighted by atomic mass is 9.71. The maximum Gasteiger partial charge on any atom is 0.508 e. The number of fused-ring (bicyclic) bond motifs is 1. The first-order valence-electron chi connectivity index (χ1n) is 32.8. The van der Waals surface area contributed by atoms with E-state index in [-0.39, 0.29) is 45.1 Å². The predicted octanol–water partition coefficient (Wildman–Crippen LogP) is 18.6. The van der Waals surface area contributed by atoms with E-state index in [9.17, 15) is 14.4 Å². The fraction of sp³-hybridized carbons (Fsp3) is 0.676. The Hall–Kier alpha value is -4.10. The topological polar surface area (TPSA) is 173 Å². The van der Waals surface area contributed by atoms with Gasteiger partial charge < -0.3 is 46.1 Å². The van der Waals surface area contributed by atoms with Crippen molar-refractivity contribution in [3.8, 4) is 5.75 Å². The average molecular weight is 1350 g/mol. The number of allylic oxidation sites excluding steroid dienone is 2. The number of hydrogen-bond acceptors (Lipinski definition) is 16. The van der Waals surface area contributed by atoms with Crippen molar-refractivity contribution in [1.82, 2.24) is 4.98 Å². The molecule has 3 heterocycles. The third-order valence-electron chi connectivity index (χ3n) is 20.4. The largest absolute Gasteiger partial charge is 0.508 e. The minimum atomic E-state index is -2.67. The number of thiazole rings is 1. The SMILES string of the molecule is C=CCOC(=O)[C@H]1O[C@@H](Oc2ccc(COC(=O)O[C@H]3CC(=O)O[C@H](c4ccc5sc(C)nc5c4)CC=C(C)CCC[C@H](C)[C@H](O[Si](C)(C)C(C)(C)C)[C@@H](CC=C)C(=O)C3(C)C)cc2)[C@H](O[Si](C)(C)C(C)(C)C)[C@@H](O[Si](C)(C)C(C)(C)C)[C@H]1O[Si](C)(C)C(C)(C)C. The summed E-state index contributed by atoms with van der Waals surface area (Å²) in [6, 6.07) is 12.9. The third-order valence-corrected chi connectivity index (χ3v) is 39.2. The van der Waals surface area contributed by atoms with Crippen LogP contribution in [0, 0.1) is 24.2 Å². The Kier molecular flexibility index (Phi) is 25.9. The predicted molar refractivity (Wildman–Crippen MR) is 377 cm³/mol. The molecule has 0 N–H and O–H groups in total. The molecule has 0 aliphatic carbocycles. The van der Waals surface area contributed by atoms with E-state index in [1.54, 1.807) is 55.5 Å². The van der Waals surface area contributed by atoms with Crippen molar-refractivity contribution in [1.29, 1.82) is 0 Å². The van der Waals surface area contributed by atoms with E-state index in [4.69, 9.17) is 51.1 Å². The minimum absolute atomic E-state index is 0.0281. The molecule has 510 valence electrons. The fourth-order valence-corrected chi connectivity index (χ4v) is 16.4. The Labute approximate surface area is 555 Å². The van der Waals surface area contributed by atoms with Crippen LogP contribution in [0.4, 0.5) is 4.79 Å². The third kappa shape index (κ3) is 20.0. The molecule has 1 saturated heterocycles. The van der Waals surface area contributed by atoms with Crippen LogP contribution in [-0.4, -0.2) is 112 Å². The van der Waals surface area contributed by atoms with Crippen molar-refractivity contribution in [3.05, 3.63) is 95.6 Å². The molecule has 20 heteroatoms. The maximum absolute atomic E-state index is 15.6. The summed E-state index contributed by atoms with van der Waals surface area (Å²) in [6.45, 7) is 60.7. The molecular weight excluding hydrogens is 1240 g/mol. The van der Waals surface area contributed by atoms with Crippen LogP contribution in [0.3, 0.4) is 0 Å². The van der Waals surface area contributed by atoms with Gasteiger partial charge in [0.15, 0.2) is 39.4 Å². The highest BCUT2D eigenvalue weighted by molar-refractivity contribution is 7.18. The number of hydrogen-bond donors (Lipinski definition) is 0. The number of Topliss-reactive ketones (excluding diaryl/α,β-unsaturated/α-hetero) is 1. The summed E-state index contributed by atoms with van der Waals surface area (Å²) >= 11 is 1.60.